The molecule has 1 heterocycles. The minimum absolute atomic E-state index is 0.0748. The van der Waals surface area contributed by atoms with Crippen LogP contribution in [-0.2, 0) is 23.4 Å². The standard InChI is InChI=1S/C22H23N3O3S/c1-28-19-9-7-16(8-10-19)11-12-23-20(26)13-18-14-21(27)25-22(24-18)29-15-17-5-3-2-4-6-17/h2-10,14H,11-13,15H2,1H3,(H,23,26)(H,24,25,27). The summed E-state index contributed by atoms with van der Waals surface area (Å²) in [5.74, 6) is 1.34. The first-order valence-corrected chi connectivity index (χ1v) is 10.3. The SMILES string of the molecule is COc1ccc(CCNC(=O)Cc2cc(=O)[nH]c(SCc3ccccc3)n2)cc1. The van der Waals surface area contributed by atoms with E-state index in [4.69, 9.17) is 4.74 Å². The highest BCUT2D eigenvalue weighted by Crippen LogP contribution is 2.18. The normalized spacial score (nSPS) is 10.5. The van der Waals surface area contributed by atoms with Crippen molar-refractivity contribution in [1.29, 1.82) is 0 Å². The van der Waals surface area contributed by atoms with Crippen LogP contribution in [-0.4, -0.2) is 29.5 Å². The molecule has 0 unspecified atom stereocenters. The van der Waals surface area contributed by atoms with Crippen molar-refractivity contribution in [3.05, 3.63) is 87.8 Å². The van der Waals surface area contributed by atoms with Gasteiger partial charge in [0.2, 0.25) is 5.91 Å². The second-order valence-electron chi connectivity index (χ2n) is 6.44. The first-order valence-electron chi connectivity index (χ1n) is 9.29. The predicted molar refractivity (Wildman–Crippen MR) is 114 cm³/mol. The smallest absolute Gasteiger partial charge is 0.251 e. The van der Waals surface area contributed by atoms with Gasteiger partial charge < -0.3 is 15.0 Å². The highest BCUT2D eigenvalue weighted by atomic mass is 32.2. The lowest BCUT2D eigenvalue weighted by molar-refractivity contribution is -0.120. The maximum absolute atomic E-state index is 12.2. The molecule has 29 heavy (non-hydrogen) atoms. The molecule has 7 heteroatoms. The van der Waals surface area contributed by atoms with Crippen LogP contribution in [0.3, 0.4) is 0 Å². The molecule has 0 spiro atoms. The van der Waals surface area contributed by atoms with Crippen molar-refractivity contribution >= 4 is 17.7 Å². The van der Waals surface area contributed by atoms with Crippen LogP contribution in [0.25, 0.3) is 0 Å². The van der Waals surface area contributed by atoms with Gasteiger partial charge in [0, 0.05) is 18.4 Å². The van der Waals surface area contributed by atoms with Crippen LogP contribution in [0.2, 0.25) is 0 Å². The van der Waals surface area contributed by atoms with Gasteiger partial charge in [-0.2, -0.15) is 0 Å². The van der Waals surface area contributed by atoms with E-state index in [2.05, 4.69) is 15.3 Å². The number of aromatic nitrogens is 2. The number of hydrogen-bond acceptors (Lipinski definition) is 5. The third kappa shape index (κ3) is 6.80. The number of thioether (sulfide) groups is 1. The monoisotopic (exact) mass is 409 g/mol. The van der Waals surface area contributed by atoms with E-state index >= 15 is 0 Å². The van der Waals surface area contributed by atoms with Crippen molar-refractivity contribution in [3.63, 3.8) is 0 Å². The number of methoxy groups -OCH3 is 1. The Kier molecular flexibility index (Phi) is 7.47. The van der Waals surface area contributed by atoms with E-state index in [1.807, 2.05) is 54.6 Å². The maximum Gasteiger partial charge on any atom is 0.251 e. The number of aromatic amines is 1. The summed E-state index contributed by atoms with van der Waals surface area (Å²) in [4.78, 5) is 31.2. The van der Waals surface area contributed by atoms with E-state index in [9.17, 15) is 9.59 Å². The maximum atomic E-state index is 12.2. The first-order chi connectivity index (χ1) is 14.1. The fourth-order valence-electron chi connectivity index (χ4n) is 2.73. The minimum atomic E-state index is -0.253. The Bertz CT molecular complexity index is 988. The van der Waals surface area contributed by atoms with Gasteiger partial charge in [-0.3, -0.25) is 9.59 Å². The molecular formula is C22H23N3O3S. The molecule has 3 aromatic rings. The number of nitrogens with zero attached hydrogens (tertiary/aromatic N) is 1. The molecule has 150 valence electrons. The number of carbonyl (C=O) groups is 1. The van der Waals surface area contributed by atoms with Gasteiger partial charge in [-0.15, -0.1) is 0 Å². The van der Waals surface area contributed by atoms with Crippen LogP contribution in [0.5, 0.6) is 5.75 Å². The van der Waals surface area contributed by atoms with Crippen molar-refractivity contribution in [2.24, 2.45) is 0 Å². The molecule has 0 bridgehead atoms. The minimum Gasteiger partial charge on any atom is -0.497 e. The number of benzene rings is 2. The van der Waals surface area contributed by atoms with Crippen LogP contribution >= 0.6 is 11.8 Å². The fraction of sp³-hybridized carbons (Fsp3) is 0.227. The number of hydrogen-bond donors (Lipinski definition) is 2. The van der Waals surface area contributed by atoms with Crippen LogP contribution < -0.4 is 15.6 Å². The van der Waals surface area contributed by atoms with Crippen molar-refractivity contribution in [2.75, 3.05) is 13.7 Å². The Balaban J connectivity index is 1.50. The lowest BCUT2D eigenvalue weighted by Gasteiger charge is -2.07. The van der Waals surface area contributed by atoms with Crippen LogP contribution in [0.1, 0.15) is 16.8 Å². The summed E-state index contributed by atoms with van der Waals surface area (Å²) in [5.41, 5.74) is 2.46. The van der Waals surface area contributed by atoms with Crippen molar-refractivity contribution in [2.45, 2.75) is 23.8 Å². The lowest BCUT2D eigenvalue weighted by Crippen LogP contribution is -2.28. The van der Waals surface area contributed by atoms with E-state index in [1.165, 1.54) is 17.8 Å². The molecule has 1 amide bonds. The van der Waals surface area contributed by atoms with Gasteiger partial charge in [0.15, 0.2) is 5.16 Å². The molecule has 0 aliphatic carbocycles. The number of nitrogens with one attached hydrogen (secondary N) is 2. The zero-order chi connectivity index (χ0) is 20.5. The number of amides is 1. The van der Waals surface area contributed by atoms with E-state index in [-0.39, 0.29) is 17.9 Å². The van der Waals surface area contributed by atoms with Gasteiger partial charge in [-0.25, -0.2) is 4.98 Å². The van der Waals surface area contributed by atoms with Gasteiger partial charge in [-0.1, -0.05) is 54.2 Å². The summed E-state index contributed by atoms with van der Waals surface area (Å²) in [6.45, 7) is 0.518. The third-order valence-corrected chi connectivity index (χ3v) is 5.17. The number of ether oxygens (including phenoxy) is 1. The number of rotatable bonds is 9. The average Bonchev–Trinajstić information content (AvgIpc) is 2.73. The Morgan fingerprint density at radius 2 is 1.86 bits per heavy atom. The van der Waals surface area contributed by atoms with E-state index in [0.29, 0.717) is 23.1 Å². The van der Waals surface area contributed by atoms with Crippen LogP contribution in [0.15, 0.2) is 70.6 Å². The molecule has 0 radical (unpaired) electrons. The van der Waals surface area contributed by atoms with Crippen LogP contribution in [0, 0.1) is 0 Å². The van der Waals surface area contributed by atoms with Gasteiger partial charge in [0.25, 0.3) is 5.56 Å². The predicted octanol–water partition coefficient (Wildman–Crippen LogP) is 2.97. The van der Waals surface area contributed by atoms with Gasteiger partial charge in [0.1, 0.15) is 5.75 Å². The Labute approximate surface area is 173 Å². The van der Waals surface area contributed by atoms with Gasteiger partial charge in [-0.05, 0) is 29.7 Å². The first kappa shape index (κ1) is 20.7. The zero-order valence-corrected chi connectivity index (χ0v) is 17.0. The molecule has 6 nitrogen and oxygen atoms in total. The lowest BCUT2D eigenvalue weighted by atomic mass is 10.1. The van der Waals surface area contributed by atoms with Crippen molar-refractivity contribution in [3.8, 4) is 5.75 Å². The quantitative estimate of drug-likeness (QED) is 0.419. The molecular weight excluding hydrogens is 386 g/mol. The summed E-state index contributed by atoms with van der Waals surface area (Å²) in [6, 6.07) is 19.0. The molecule has 1 aromatic heterocycles. The second kappa shape index (κ2) is 10.5. The summed E-state index contributed by atoms with van der Waals surface area (Å²) in [5, 5.41) is 3.39. The van der Waals surface area contributed by atoms with E-state index in [0.717, 1.165) is 23.3 Å². The van der Waals surface area contributed by atoms with Crippen molar-refractivity contribution < 1.29 is 9.53 Å². The van der Waals surface area contributed by atoms with E-state index < -0.39 is 0 Å². The molecule has 0 aliphatic rings. The summed E-state index contributed by atoms with van der Waals surface area (Å²) in [6.07, 6.45) is 0.794. The third-order valence-electron chi connectivity index (χ3n) is 4.23. The molecule has 0 saturated carbocycles. The number of H-pyrrole nitrogens is 1. The van der Waals surface area contributed by atoms with Gasteiger partial charge in [0.05, 0.1) is 19.2 Å². The molecule has 2 aromatic carbocycles. The zero-order valence-electron chi connectivity index (χ0n) is 16.2. The summed E-state index contributed by atoms with van der Waals surface area (Å²) >= 11 is 1.44. The topological polar surface area (TPSA) is 84.1 Å². The molecule has 0 aliphatic heterocycles. The molecule has 2 N–H and O–H groups in total. The van der Waals surface area contributed by atoms with Crippen LogP contribution in [0.4, 0.5) is 0 Å². The highest BCUT2D eigenvalue weighted by Gasteiger charge is 2.08. The second-order valence-corrected chi connectivity index (χ2v) is 7.41. The van der Waals surface area contributed by atoms with E-state index in [1.54, 1.807) is 7.11 Å². The number of carbonyl (C=O) groups excluding carboxylic acids is 1. The highest BCUT2D eigenvalue weighted by molar-refractivity contribution is 7.98. The molecule has 3 rings (SSSR count). The fourth-order valence-corrected chi connectivity index (χ4v) is 3.58. The molecule has 0 fully saturated rings. The summed E-state index contributed by atoms with van der Waals surface area (Å²) in [7, 11) is 1.63. The average molecular weight is 410 g/mol. The largest absolute Gasteiger partial charge is 0.497 e. The Morgan fingerprint density at radius 3 is 2.59 bits per heavy atom. The Morgan fingerprint density at radius 1 is 1.10 bits per heavy atom. The van der Waals surface area contributed by atoms with Gasteiger partial charge >= 0.3 is 0 Å². The molecule has 0 saturated heterocycles. The Hall–Kier alpha value is -3.06. The summed E-state index contributed by atoms with van der Waals surface area (Å²) < 4.78 is 5.13. The van der Waals surface area contributed by atoms with Crippen molar-refractivity contribution in [1.82, 2.24) is 15.3 Å². The molecule has 0 atom stereocenters.